The molecule has 4 atom stereocenters. The summed E-state index contributed by atoms with van der Waals surface area (Å²) >= 11 is 2.19. The molecular weight excluding hydrogens is 252 g/mol. The predicted molar refractivity (Wildman–Crippen MR) is 84.9 cm³/mol. The zero-order chi connectivity index (χ0) is 13.1. The van der Waals surface area contributed by atoms with Gasteiger partial charge in [0, 0.05) is 23.4 Å². The Morgan fingerprint density at radius 1 is 1.16 bits per heavy atom. The third-order valence-corrected chi connectivity index (χ3v) is 7.01. The molecule has 3 heteroatoms. The summed E-state index contributed by atoms with van der Waals surface area (Å²) in [5.74, 6) is 2.27. The van der Waals surface area contributed by atoms with Gasteiger partial charge in [-0.05, 0) is 63.7 Å². The lowest BCUT2D eigenvalue weighted by Crippen LogP contribution is -2.49. The van der Waals surface area contributed by atoms with E-state index >= 15 is 0 Å². The number of thioether (sulfide) groups is 1. The topological polar surface area (TPSA) is 24.1 Å². The molecule has 2 nitrogen and oxygen atoms in total. The minimum absolute atomic E-state index is 0.519. The molecule has 2 saturated heterocycles. The highest BCUT2D eigenvalue weighted by Crippen LogP contribution is 2.38. The van der Waals surface area contributed by atoms with E-state index in [1.165, 1.54) is 70.2 Å². The van der Waals surface area contributed by atoms with Gasteiger partial charge in [-0.2, -0.15) is 11.8 Å². The number of hydrogen-bond acceptors (Lipinski definition) is 3. The lowest BCUT2D eigenvalue weighted by atomic mass is 9.79. The number of rotatable bonds is 4. The van der Waals surface area contributed by atoms with Crippen LogP contribution in [-0.2, 0) is 0 Å². The van der Waals surface area contributed by atoms with E-state index in [9.17, 15) is 0 Å². The maximum atomic E-state index is 3.97. The van der Waals surface area contributed by atoms with Crippen molar-refractivity contribution in [3.63, 3.8) is 0 Å². The Balaban J connectivity index is 1.54. The molecule has 2 N–H and O–H groups in total. The first-order chi connectivity index (χ1) is 9.27. The Hall–Kier alpha value is 0.270. The van der Waals surface area contributed by atoms with Crippen molar-refractivity contribution >= 4 is 11.8 Å². The molecule has 0 aromatic heterocycles. The lowest BCUT2D eigenvalue weighted by molar-refractivity contribution is 0.211. The monoisotopic (exact) mass is 282 g/mol. The van der Waals surface area contributed by atoms with Crippen molar-refractivity contribution in [2.45, 2.75) is 75.1 Å². The molecule has 2 aliphatic heterocycles. The quantitative estimate of drug-likeness (QED) is 0.828. The van der Waals surface area contributed by atoms with Crippen LogP contribution >= 0.6 is 11.8 Å². The fourth-order valence-electron chi connectivity index (χ4n) is 4.29. The SMILES string of the molecule is CC1(CNC2CCCCC2C2CCCN2)CCCS1. The molecule has 0 amide bonds. The van der Waals surface area contributed by atoms with Gasteiger partial charge in [0.1, 0.15) is 0 Å². The summed E-state index contributed by atoms with van der Waals surface area (Å²) in [5.41, 5.74) is 0. The highest BCUT2D eigenvalue weighted by molar-refractivity contribution is 8.00. The van der Waals surface area contributed by atoms with Gasteiger partial charge >= 0.3 is 0 Å². The predicted octanol–water partition coefficient (Wildman–Crippen LogP) is 3.17. The van der Waals surface area contributed by atoms with Crippen molar-refractivity contribution in [3.8, 4) is 0 Å². The summed E-state index contributed by atoms with van der Waals surface area (Å²) in [7, 11) is 0. The third-order valence-electron chi connectivity index (χ3n) is 5.47. The molecule has 0 bridgehead atoms. The van der Waals surface area contributed by atoms with Gasteiger partial charge in [0.2, 0.25) is 0 Å². The summed E-state index contributed by atoms with van der Waals surface area (Å²) in [4.78, 5) is 0. The maximum absolute atomic E-state index is 3.97. The van der Waals surface area contributed by atoms with Gasteiger partial charge in [-0.1, -0.05) is 12.8 Å². The summed E-state index contributed by atoms with van der Waals surface area (Å²) in [5, 5.41) is 7.72. The van der Waals surface area contributed by atoms with E-state index in [0.29, 0.717) is 4.75 Å². The molecule has 3 aliphatic rings. The Kier molecular flexibility index (Phi) is 4.76. The molecule has 1 saturated carbocycles. The smallest absolute Gasteiger partial charge is 0.0256 e. The summed E-state index contributed by atoms with van der Waals surface area (Å²) in [6, 6.07) is 1.59. The lowest BCUT2D eigenvalue weighted by Gasteiger charge is -2.38. The van der Waals surface area contributed by atoms with Crippen LogP contribution in [0.3, 0.4) is 0 Å². The molecule has 0 spiro atoms. The summed E-state index contributed by atoms with van der Waals surface area (Å²) in [6.07, 6.45) is 11.4. The van der Waals surface area contributed by atoms with Crippen LogP contribution in [0.5, 0.6) is 0 Å². The normalized spacial score (nSPS) is 43.7. The van der Waals surface area contributed by atoms with Crippen LogP contribution in [-0.4, -0.2) is 35.7 Å². The Morgan fingerprint density at radius 3 is 2.79 bits per heavy atom. The average Bonchev–Trinajstić information content (AvgIpc) is 3.09. The molecular formula is C16H30N2S. The third kappa shape index (κ3) is 3.48. The molecule has 3 fully saturated rings. The van der Waals surface area contributed by atoms with Crippen molar-refractivity contribution in [2.75, 3.05) is 18.8 Å². The van der Waals surface area contributed by atoms with Crippen molar-refractivity contribution in [1.29, 1.82) is 0 Å². The van der Waals surface area contributed by atoms with Crippen LogP contribution in [0.1, 0.15) is 58.3 Å². The van der Waals surface area contributed by atoms with E-state index in [4.69, 9.17) is 0 Å². The zero-order valence-corrected chi connectivity index (χ0v) is 13.2. The second kappa shape index (κ2) is 6.36. The first kappa shape index (κ1) is 14.2. The fourth-order valence-corrected chi connectivity index (χ4v) is 5.55. The van der Waals surface area contributed by atoms with Gasteiger partial charge in [-0.3, -0.25) is 0 Å². The fraction of sp³-hybridized carbons (Fsp3) is 1.00. The molecule has 19 heavy (non-hydrogen) atoms. The van der Waals surface area contributed by atoms with Crippen LogP contribution in [0.25, 0.3) is 0 Å². The van der Waals surface area contributed by atoms with E-state index in [0.717, 1.165) is 18.0 Å². The number of nitrogens with one attached hydrogen (secondary N) is 2. The van der Waals surface area contributed by atoms with Crippen LogP contribution in [0.15, 0.2) is 0 Å². The molecule has 4 unspecified atom stereocenters. The van der Waals surface area contributed by atoms with Crippen molar-refractivity contribution in [3.05, 3.63) is 0 Å². The number of hydrogen-bond donors (Lipinski definition) is 2. The highest BCUT2D eigenvalue weighted by atomic mass is 32.2. The van der Waals surface area contributed by atoms with Gasteiger partial charge < -0.3 is 10.6 Å². The van der Waals surface area contributed by atoms with Gasteiger partial charge in [0.25, 0.3) is 0 Å². The first-order valence-electron chi connectivity index (χ1n) is 8.38. The second-order valence-corrected chi connectivity index (χ2v) is 8.72. The summed E-state index contributed by atoms with van der Waals surface area (Å²) < 4.78 is 0.519. The minimum atomic E-state index is 0.519. The van der Waals surface area contributed by atoms with Crippen LogP contribution in [0, 0.1) is 5.92 Å². The van der Waals surface area contributed by atoms with Gasteiger partial charge in [-0.15, -0.1) is 0 Å². The van der Waals surface area contributed by atoms with Crippen molar-refractivity contribution < 1.29 is 0 Å². The Bertz CT molecular complexity index is 282. The Labute approximate surface area is 122 Å². The van der Waals surface area contributed by atoms with E-state index < -0.39 is 0 Å². The highest BCUT2D eigenvalue weighted by Gasteiger charge is 2.35. The zero-order valence-electron chi connectivity index (χ0n) is 12.4. The van der Waals surface area contributed by atoms with E-state index in [1.54, 1.807) is 0 Å². The molecule has 3 rings (SSSR count). The van der Waals surface area contributed by atoms with Gasteiger partial charge in [0.15, 0.2) is 0 Å². The van der Waals surface area contributed by atoms with Crippen LogP contribution in [0.4, 0.5) is 0 Å². The molecule has 0 aromatic rings. The minimum Gasteiger partial charge on any atom is -0.314 e. The summed E-state index contributed by atoms with van der Waals surface area (Å²) in [6.45, 7) is 4.94. The average molecular weight is 282 g/mol. The molecule has 0 aromatic carbocycles. The standard InChI is InChI=1S/C16H30N2S/c1-16(9-5-11-19-16)12-18-15-7-3-2-6-13(15)14-8-4-10-17-14/h13-15,17-18H,2-12H2,1H3. The molecule has 110 valence electrons. The molecule has 1 aliphatic carbocycles. The molecule has 0 radical (unpaired) electrons. The van der Waals surface area contributed by atoms with E-state index in [2.05, 4.69) is 29.3 Å². The van der Waals surface area contributed by atoms with Gasteiger partial charge in [-0.25, -0.2) is 0 Å². The van der Waals surface area contributed by atoms with Gasteiger partial charge in [0.05, 0.1) is 0 Å². The van der Waals surface area contributed by atoms with Crippen molar-refractivity contribution in [2.24, 2.45) is 5.92 Å². The largest absolute Gasteiger partial charge is 0.314 e. The maximum Gasteiger partial charge on any atom is 0.0256 e. The van der Waals surface area contributed by atoms with Crippen LogP contribution in [0.2, 0.25) is 0 Å². The Morgan fingerprint density at radius 2 is 2.05 bits per heavy atom. The molecule has 2 heterocycles. The van der Waals surface area contributed by atoms with Crippen molar-refractivity contribution in [1.82, 2.24) is 10.6 Å². The second-order valence-electron chi connectivity index (χ2n) is 7.04. The van der Waals surface area contributed by atoms with E-state index in [1.807, 2.05) is 0 Å². The van der Waals surface area contributed by atoms with Crippen LogP contribution < -0.4 is 10.6 Å². The first-order valence-corrected chi connectivity index (χ1v) is 9.36. The van der Waals surface area contributed by atoms with E-state index in [-0.39, 0.29) is 0 Å².